The molecular formula is C27H23F2N3O2. The number of nitrogens with zero attached hydrogens (tertiary/aromatic N) is 3. The number of carbonyl (C=O) groups excluding carboxylic acids is 2. The van der Waals surface area contributed by atoms with E-state index >= 15 is 0 Å². The van der Waals surface area contributed by atoms with E-state index in [1.165, 1.54) is 6.07 Å². The third kappa shape index (κ3) is 4.17. The van der Waals surface area contributed by atoms with E-state index in [0.29, 0.717) is 38.3 Å². The summed E-state index contributed by atoms with van der Waals surface area (Å²) >= 11 is 0. The number of benzene rings is 3. The summed E-state index contributed by atoms with van der Waals surface area (Å²) in [7, 11) is 0. The summed E-state index contributed by atoms with van der Waals surface area (Å²) in [4.78, 5) is 29.4. The number of halogens is 2. The summed E-state index contributed by atoms with van der Waals surface area (Å²) in [5, 5.41) is 0.892. The van der Waals surface area contributed by atoms with Crippen LogP contribution < -0.4 is 0 Å². The van der Waals surface area contributed by atoms with Crippen LogP contribution >= 0.6 is 0 Å². The number of piperazine rings is 1. The zero-order chi connectivity index (χ0) is 23.7. The van der Waals surface area contributed by atoms with Gasteiger partial charge in [0.05, 0.1) is 5.56 Å². The Bertz CT molecular complexity index is 1360. The Balaban J connectivity index is 1.32. The van der Waals surface area contributed by atoms with Gasteiger partial charge in [-0.1, -0.05) is 48.5 Å². The largest absolute Gasteiger partial charge is 0.342 e. The molecule has 2 heterocycles. The van der Waals surface area contributed by atoms with Crippen LogP contribution in [0.1, 0.15) is 26.3 Å². The zero-order valence-corrected chi connectivity index (χ0v) is 18.5. The minimum absolute atomic E-state index is 0.0806. The molecule has 5 rings (SSSR count). The monoisotopic (exact) mass is 459 g/mol. The van der Waals surface area contributed by atoms with E-state index in [4.69, 9.17) is 0 Å². The van der Waals surface area contributed by atoms with Gasteiger partial charge in [-0.15, -0.1) is 0 Å². The Hall–Kier alpha value is -4.00. The first-order valence-electron chi connectivity index (χ1n) is 11.2. The highest BCUT2D eigenvalue weighted by molar-refractivity contribution is 6.07. The molecule has 4 aromatic rings. The summed E-state index contributed by atoms with van der Waals surface area (Å²) in [6.45, 7) is 2.04. The lowest BCUT2D eigenvalue weighted by atomic mass is 10.1. The number of carbonyl (C=O) groups is 2. The maximum Gasteiger partial charge on any atom is 0.256 e. The number of hydrogen-bond acceptors (Lipinski definition) is 2. The highest BCUT2D eigenvalue weighted by Crippen LogP contribution is 2.24. The maximum atomic E-state index is 13.5. The third-order valence-corrected chi connectivity index (χ3v) is 6.24. The maximum absolute atomic E-state index is 13.5. The molecule has 3 aromatic carbocycles. The molecule has 34 heavy (non-hydrogen) atoms. The predicted octanol–water partition coefficient (Wildman–Crippen LogP) is 4.57. The van der Waals surface area contributed by atoms with Gasteiger partial charge in [0.15, 0.2) is 11.6 Å². The Kier molecular flexibility index (Phi) is 5.84. The van der Waals surface area contributed by atoms with E-state index in [2.05, 4.69) is 16.7 Å². The molecule has 2 amide bonds. The van der Waals surface area contributed by atoms with Gasteiger partial charge in [0, 0.05) is 55.4 Å². The first-order chi connectivity index (χ1) is 16.5. The van der Waals surface area contributed by atoms with Gasteiger partial charge in [0.1, 0.15) is 0 Å². The fourth-order valence-electron chi connectivity index (χ4n) is 4.42. The van der Waals surface area contributed by atoms with Gasteiger partial charge in [0.25, 0.3) is 11.8 Å². The molecule has 0 atom stereocenters. The molecule has 0 aliphatic carbocycles. The number of rotatable bonds is 4. The number of para-hydroxylation sites is 1. The quantitative estimate of drug-likeness (QED) is 0.449. The molecule has 1 aromatic heterocycles. The van der Waals surface area contributed by atoms with Crippen LogP contribution in [0.25, 0.3) is 10.9 Å². The first-order valence-corrected chi connectivity index (χ1v) is 11.2. The lowest BCUT2D eigenvalue weighted by molar-refractivity contribution is 0.0536. The van der Waals surface area contributed by atoms with Crippen molar-refractivity contribution in [3.63, 3.8) is 0 Å². The number of amides is 2. The molecule has 7 heteroatoms. The first kappa shape index (κ1) is 21.8. The van der Waals surface area contributed by atoms with Crippen LogP contribution in [0.3, 0.4) is 0 Å². The minimum atomic E-state index is -1.05. The Morgan fingerprint density at radius 1 is 0.735 bits per heavy atom. The summed E-state index contributed by atoms with van der Waals surface area (Å²) in [6.07, 6.45) is 1.90. The van der Waals surface area contributed by atoms with Crippen molar-refractivity contribution >= 4 is 22.7 Å². The van der Waals surface area contributed by atoms with Crippen molar-refractivity contribution in [3.05, 3.63) is 107 Å². The van der Waals surface area contributed by atoms with E-state index in [9.17, 15) is 18.4 Å². The molecule has 0 unspecified atom stereocenters. The van der Waals surface area contributed by atoms with Gasteiger partial charge >= 0.3 is 0 Å². The molecule has 0 N–H and O–H groups in total. The second-order valence-electron chi connectivity index (χ2n) is 8.39. The molecular weight excluding hydrogens is 436 g/mol. The second kappa shape index (κ2) is 9.09. The number of aromatic nitrogens is 1. The van der Waals surface area contributed by atoms with Gasteiger partial charge in [-0.05, 0) is 29.8 Å². The van der Waals surface area contributed by atoms with Gasteiger partial charge < -0.3 is 14.4 Å². The van der Waals surface area contributed by atoms with Crippen molar-refractivity contribution in [1.29, 1.82) is 0 Å². The SMILES string of the molecule is O=C(c1ccc(F)c(F)c1)N1CCN(C(=O)c2cn(Cc3ccccc3)c3ccccc23)CC1. The van der Waals surface area contributed by atoms with Crippen molar-refractivity contribution in [1.82, 2.24) is 14.4 Å². The molecule has 172 valence electrons. The van der Waals surface area contributed by atoms with Crippen LogP contribution in [0.5, 0.6) is 0 Å². The highest BCUT2D eigenvalue weighted by atomic mass is 19.2. The summed E-state index contributed by atoms with van der Waals surface area (Å²) in [5.41, 5.74) is 2.86. The van der Waals surface area contributed by atoms with Crippen LogP contribution in [-0.2, 0) is 6.54 Å². The smallest absolute Gasteiger partial charge is 0.256 e. The Labute approximate surface area is 195 Å². The number of hydrogen-bond donors (Lipinski definition) is 0. The Morgan fingerprint density at radius 2 is 1.38 bits per heavy atom. The summed E-state index contributed by atoms with van der Waals surface area (Å²) in [6, 6.07) is 21.1. The van der Waals surface area contributed by atoms with Crippen molar-refractivity contribution in [2.75, 3.05) is 26.2 Å². The zero-order valence-electron chi connectivity index (χ0n) is 18.5. The molecule has 5 nitrogen and oxygen atoms in total. The van der Waals surface area contributed by atoms with Crippen LogP contribution in [-0.4, -0.2) is 52.4 Å². The van der Waals surface area contributed by atoms with Crippen molar-refractivity contribution < 1.29 is 18.4 Å². The van der Waals surface area contributed by atoms with Gasteiger partial charge in [-0.2, -0.15) is 0 Å². The predicted molar refractivity (Wildman–Crippen MR) is 126 cm³/mol. The number of fused-ring (bicyclic) bond motifs is 1. The van der Waals surface area contributed by atoms with Gasteiger partial charge in [0.2, 0.25) is 0 Å². The van der Waals surface area contributed by atoms with E-state index in [0.717, 1.165) is 28.6 Å². The summed E-state index contributed by atoms with van der Waals surface area (Å²) < 4.78 is 28.8. The van der Waals surface area contributed by atoms with Crippen LogP contribution in [0, 0.1) is 11.6 Å². The van der Waals surface area contributed by atoms with Crippen LogP contribution in [0.15, 0.2) is 79.0 Å². The van der Waals surface area contributed by atoms with Gasteiger partial charge in [-0.25, -0.2) is 8.78 Å². The molecule has 0 radical (unpaired) electrons. The molecule has 1 aliphatic heterocycles. The third-order valence-electron chi connectivity index (χ3n) is 6.24. The molecule has 0 spiro atoms. The van der Waals surface area contributed by atoms with Gasteiger partial charge in [-0.3, -0.25) is 9.59 Å². The van der Waals surface area contributed by atoms with Crippen molar-refractivity contribution in [3.8, 4) is 0 Å². The average Bonchev–Trinajstić information content (AvgIpc) is 3.24. The van der Waals surface area contributed by atoms with E-state index in [-0.39, 0.29) is 17.4 Å². The molecule has 1 aliphatic rings. The lowest BCUT2D eigenvalue weighted by Gasteiger charge is -2.34. The lowest BCUT2D eigenvalue weighted by Crippen LogP contribution is -2.50. The standard InChI is InChI=1S/C27H23F2N3O2/c28-23-11-10-20(16-24(23)29)26(33)30-12-14-31(15-13-30)27(34)22-18-32(17-19-6-2-1-3-7-19)25-9-5-4-8-21(22)25/h1-11,16,18H,12-15,17H2. The Morgan fingerprint density at radius 3 is 2.09 bits per heavy atom. The molecule has 1 fully saturated rings. The second-order valence-corrected chi connectivity index (χ2v) is 8.39. The topological polar surface area (TPSA) is 45.6 Å². The summed E-state index contributed by atoms with van der Waals surface area (Å²) in [5.74, 6) is -2.49. The minimum Gasteiger partial charge on any atom is -0.342 e. The van der Waals surface area contributed by atoms with E-state index in [1.807, 2.05) is 48.7 Å². The van der Waals surface area contributed by atoms with Crippen LogP contribution in [0.4, 0.5) is 8.78 Å². The van der Waals surface area contributed by atoms with Crippen LogP contribution in [0.2, 0.25) is 0 Å². The normalized spacial score (nSPS) is 13.9. The fraction of sp³-hybridized carbons (Fsp3) is 0.185. The average molecular weight is 459 g/mol. The van der Waals surface area contributed by atoms with E-state index < -0.39 is 11.6 Å². The van der Waals surface area contributed by atoms with Crippen molar-refractivity contribution in [2.24, 2.45) is 0 Å². The molecule has 0 bridgehead atoms. The van der Waals surface area contributed by atoms with Crippen molar-refractivity contribution in [2.45, 2.75) is 6.54 Å². The molecule has 0 saturated carbocycles. The highest BCUT2D eigenvalue weighted by Gasteiger charge is 2.27. The molecule has 1 saturated heterocycles. The fourth-order valence-corrected chi connectivity index (χ4v) is 4.42. The van der Waals surface area contributed by atoms with E-state index in [1.54, 1.807) is 9.80 Å².